The van der Waals surface area contributed by atoms with Gasteiger partial charge in [0.05, 0.1) is 6.33 Å². The third-order valence-corrected chi connectivity index (χ3v) is 4.03. The first kappa shape index (κ1) is 12.7. The molecule has 1 atom stereocenters. The molecule has 104 valence electrons. The van der Waals surface area contributed by atoms with Gasteiger partial charge >= 0.3 is 0 Å². The molecule has 1 saturated carbocycles. The second kappa shape index (κ2) is 5.74. The maximum atomic E-state index is 12.4. The summed E-state index contributed by atoms with van der Waals surface area (Å²) in [6.45, 7) is 2.74. The van der Waals surface area contributed by atoms with Crippen LogP contribution in [0.2, 0.25) is 0 Å². The zero-order valence-corrected chi connectivity index (χ0v) is 11.3. The smallest absolute Gasteiger partial charge is 0.224 e. The van der Waals surface area contributed by atoms with Crippen LogP contribution < -0.4 is 5.32 Å². The first-order chi connectivity index (χ1) is 9.33. The van der Waals surface area contributed by atoms with E-state index in [1.165, 1.54) is 25.7 Å². The quantitative estimate of drug-likeness (QED) is 0.832. The van der Waals surface area contributed by atoms with Crippen LogP contribution >= 0.6 is 0 Å². The number of aryl methyl sites for hydroxylation is 1. The van der Waals surface area contributed by atoms with Gasteiger partial charge in [0.25, 0.3) is 0 Å². The fourth-order valence-electron chi connectivity index (χ4n) is 2.78. The van der Waals surface area contributed by atoms with E-state index >= 15 is 0 Å². The Morgan fingerprint density at radius 1 is 1.42 bits per heavy atom. The molecule has 1 saturated heterocycles. The lowest BCUT2D eigenvalue weighted by Crippen LogP contribution is -2.42. The number of aromatic nitrogens is 2. The number of carbonyl (C=O) groups excluding carboxylic acids is 1. The molecule has 0 bridgehead atoms. The molecule has 0 aromatic carbocycles. The normalized spacial score (nSPS) is 22.6. The van der Waals surface area contributed by atoms with E-state index in [0.29, 0.717) is 24.4 Å². The molecule has 3 rings (SSSR count). The minimum atomic E-state index is 0.296. The Bertz CT molecular complexity index is 407. The number of imidazole rings is 1. The highest BCUT2D eigenvalue weighted by Crippen LogP contribution is 2.28. The van der Waals surface area contributed by atoms with Crippen LogP contribution in [0.1, 0.15) is 32.1 Å². The molecule has 1 aromatic rings. The molecule has 19 heavy (non-hydrogen) atoms. The highest BCUT2D eigenvalue weighted by Gasteiger charge is 2.34. The molecular formula is C14H22N4O. The van der Waals surface area contributed by atoms with Crippen LogP contribution in [0.25, 0.3) is 0 Å². The lowest BCUT2D eigenvalue weighted by molar-refractivity contribution is -0.132. The minimum absolute atomic E-state index is 0.296. The molecule has 5 heteroatoms. The summed E-state index contributed by atoms with van der Waals surface area (Å²) in [6, 6.07) is 1.02. The summed E-state index contributed by atoms with van der Waals surface area (Å²) in [5, 5.41) is 3.49. The third-order valence-electron chi connectivity index (χ3n) is 4.03. The molecule has 0 radical (unpaired) electrons. The van der Waals surface area contributed by atoms with E-state index < -0.39 is 0 Å². The molecule has 5 nitrogen and oxygen atoms in total. The maximum Gasteiger partial charge on any atom is 0.224 e. The van der Waals surface area contributed by atoms with Gasteiger partial charge < -0.3 is 14.8 Å². The Morgan fingerprint density at radius 3 is 2.95 bits per heavy atom. The van der Waals surface area contributed by atoms with Crippen molar-refractivity contribution in [3.05, 3.63) is 18.7 Å². The maximum absolute atomic E-state index is 12.4. The van der Waals surface area contributed by atoms with Crippen LogP contribution in [-0.2, 0) is 11.3 Å². The fourth-order valence-corrected chi connectivity index (χ4v) is 2.78. The van der Waals surface area contributed by atoms with Crippen molar-refractivity contribution in [2.45, 2.75) is 50.7 Å². The highest BCUT2D eigenvalue weighted by atomic mass is 16.2. The molecule has 1 aromatic heterocycles. The largest absolute Gasteiger partial charge is 0.338 e. The average molecular weight is 262 g/mol. The van der Waals surface area contributed by atoms with Gasteiger partial charge in [0.2, 0.25) is 5.91 Å². The lowest BCUT2D eigenvalue weighted by Gasteiger charge is -2.26. The van der Waals surface area contributed by atoms with Crippen molar-refractivity contribution in [2.24, 2.45) is 0 Å². The van der Waals surface area contributed by atoms with Gasteiger partial charge in [0.1, 0.15) is 0 Å². The second-order valence-corrected chi connectivity index (χ2v) is 5.62. The van der Waals surface area contributed by atoms with Crippen LogP contribution in [0.3, 0.4) is 0 Å². The van der Waals surface area contributed by atoms with Crippen LogP contribution in [0.15, 0.2) is 18.7 Å². The Balaban J connectivity index is 1.52. The third kappa shape index (κ3) is 3.35. The van der Waals surface area contributed by atoms with Crippen molar-refractivity contribution in [1.29, 1.82) is 0 Å². The standard InChI is InChI=1S/C14H22N4O/c19-14(5-8-17-9-7-15-11-17)18(13-3-4-13)10-12-2-1-6-16-12/h7,9,11-13,16H,1-6,8,10H2. The fraction of sp³-hybridized carbons (Fsp3) is 0.714. The summed E-state index contributed by atoms with van der Waals surface area (Å²) in [5.74, 6) is 0.296. The Labute approximate surface area is 114 Å². The van der Waals surface area contributed by atoms with E-state index in [4.69, 9.17) is 0 Å². The molecule has 1 unspecified atom stereocenters. The van der Waals surface area contributed by atoms with Crippen molar-refractivity contribution in [2.75, 3.05) is 13.1 Å². The molecule has 2 heterocycles. The summed E-state index contributed by atoms with van der Waals surface area (Å²) < 4.78 is 1.97. The van der Waals surface area contributed by atoms with Gasteiger partial charge in [0.15, 0.2) is 0 Å². The van der Waals surface area contributed by atoms with E-state index in [-0.39, 0.29) is 0 Å². The summed E-state index contributed by atoms with van der Waals surface area (Å²) in [7, 11) is 0. The van der Waals surface area contributed by atoms with Crippen LogP contribution in [0.5, 0.6) is 0 Å². The van der Waals surface area contributed by atoms with Gasteiger partial charge in [0, 0.05) is 44.0 Å². The van der Waals surface area contributed by atoms with Gasteiger partial charge in [-0.2, -0.15) is 0 Å². The zero-order chi connectivity index (χ0) is 13.1. The second-order valence-electron chi connectivity index (χ2n) is 5.62. The number of nitrogens with one attached hydrogen (secondary N) is 1. The summed E-state index contributed by atoms with van der Waals surface area (Å²) >= 11 is 0. The predicted octanol–water partition coefficient (Wildman–Crippen LogP) is 1.02. The average Bonchev–Trinajstić information content (AvgIpc) is 2.94. The molecule has 0 spiro atoms. The molecule has 2 fully saturated rings. The minimum Gasteiger partial charge on any atom is -0.338 e. The van der Waals surface area contributed by atoms with Gasteiger partial charge in [-0.15, -0.1) is 0 Å². The van der Waals surface area contributed by atoms with Crippen LogP contribution in [-0.4, -0.2) is 45.5 Å². The molecule has 1 aliphatic heterocycles. The zero-order valence-electron chi connectivity index (χ0n) is 11.3. The highest BCUT2D eigenvalue weighted by molar-refractivity contribution is 5.76. The van der Waals surface area contributed by atoms with Gasteiger partial charge in [-0.05, 0) is 32.2 Å². The molecule has 1 aliphatic carbocycles. The van der Waals surface area contributed by atoms with Crippen molar-refractivity contribution < 1.29 is 4.79 Å². The van der Waals surface area contributed by atoms with Crippen molar-refractivity contribution in [1.82, 2.24) is 19.8 Å². The van der Waals surface area contributed by atoms with E-state index in [1.807, 2.05) is 10.8 Å². The topological polar surface area (TPSA) is 50.2 Å². The monoisotopic (exact) mass is 262 g/mol. The van der Waals surface area contributed by atoms with Gasteiger partial charge in [-0.1, -0.05) is 0 Å². The summed E-state index contributed by atoms with van der Waals surface area (Å²) in [6.07, 6.45) is 10.8. The van der Waals surface area contributed by atoms with Crippen LogP contribution in [0.4, 0.5) is 0 Å². The molecule has 2 aliphatic rings. The Morgan fingerprint density at radius 2 is 2.32 bits per heavy atom. The molecule has 1 amide bonds. The number of nitrogens with zero attached hydrogens (tertiary/aromatic N) is 3. The first-order valence-corrected chi connectivity index (χ1v) is 7.31. The SMILES string of the molecule is O=C(CCn1ccnc1)N(CC1CCCN1)C1CC1. The van der Waals surface area contributed by atoms with E-state index in [9.17, 15) is 4.79 Å². The number of hydrogen-bond donors (Lipinski definition) is 1. The van der Waals surface area contributed by atoms with Crippen LogP contribution in [0, 0.1) is 0 Å². The summed E-state index contributed by atoms with van der Waals surface area (Å²) in [4.78, 5) is 18.5. The summed E-state index contributed by atoms with van der Waals surface area (Å²) in [5.41, 5.74) is 0. The predicted molar refractivity (Wildman–Crippen MR) is 72.6 cm³/mol. The van der Waals surface area contributed by atoms with Crippen molar-refractivity contribution >= 4 is 5.91 Å². The van der Waals surface area contributed by atoms with Crippen molar-refractivity contribution in [3.8, 4) is 0 Å². The van der Waals surface area contributed by atoms with E-state index in [1.54, 1.807) is 12.5 Å². The number of carbonyl (C=O) groups is 1. The van der Waals surface area contributed by atoms with Gasteiger partial charge in [-0.25, -0.2) is 4.98 Å². The Kier molecular flexibility index (Phi) is 3.82. The van der Waals surface area contributed by atoms with Gasteiger partial charge in [-0.3, -0.25) is 4.79 Å². The number of amides is 1. The number of rotatable bonds is 6. The van der Waals surface area contributed by atoms with E-state index in [0.717, 1.165) is 19.6 Å². The lowest BCUT2D eigenvalue weighted by atomic mass is 10.2. The van der Waals surface area contributed by atoms with E-state index in [2.05, 4.69) is 15.2 Å². The molecular weight excluding hydrogens is 240 g/mol. The number of hydrogen-bond acceptors (Lipinski definition) is 3. The van der Waals surface area contributed by atoms with Crippen molar-refractivity contribution in [3.63, 3.8) is 0 Å². The molecule has 1 N–H and O–H groups in total. The first-order valence-electron chi connectivity index (χ1n) is 7.31. The Hall–Kier alpha value is -1.36.